The molecule has 0 aromatic carbocycles. The lowest BCUT2D eigenvalue weighted by molar-refractivity contribution is 0.220. The topological polar surface area (TPSA) is 69.6 Å². The molecule has 0 radical (unpaired) electrons. The van der Waals surface area contributed by atoms with Crippen LogP contribution in [0.25, 0.3) is 0 Å². The summed E-state index contributed by atoms with van der Waals surface area (Å²) in [6.07, 6.45) is 2.04. The number of aryl methyl sites for hydroxylation is 1. The molecule has 0 bridgehead atoms. The van der Waals surface area contributed by atoms with Gasteiger partial charge in [0, 0.05) is 6.54 Å². The maximum absolute atomic E-state index is 12.4. The number of nitrogens with zero attached hydrogens (tertiary/aromatic N) is 1. The van der Waals surface area contributed by atoms with E-state index in [4.69, 9.17) is 0 Å². The first-order valence-corrected chi connectivity index (χ1v) is 9.16. The summed E-state index contributed by atoms with van der Waals surface area (Å²) in [4.78, 5) is 3.04. The average Bonchev–Trinajstić information content (AvgIpc) is 2.80. The summed E-state index contributed by atoms with van der Waals surface area (Å²) in [5, 5.41) is 11.0. The Morgan fingerprint density at radius 2 is 2.10 bits per heavy atom. The van der Waals surface area contributed by atoms with Gasteiger partial charge < -0.3 is 10.0 Å². The summed E-state index contributed by atoms with van der Waals surface area (Å²) in [7, 11) is -1.43. The predicted octanol–water partition coefficient (Wildman–Crippen LogP) is 1.17. The standard InChI is InChI=1S/C13H22N2O3S2/c1-10-9-19-12(8-16)13(10)20(17,18)14-7-11-3-5-15(2)6-4-11/h9,11,14,16H,3-8H2,1-2H3. The summed E-state index contributed by atoms with van der Waals surface area (Å²) in [5.74, 6) is 0.400. The van der Waals surface area contributed by atoms with Gasteiger partial charge in [0.15, 0.2) is 0 Å². The van der Waals surface area contributed by atoms with Gasteiger partial charge in [-0.2, -0.15) is 0 Å². The minimum atomic E-state index is -3.52. The van der Waals surface area contributed by atoms with Crippen molar-refractivity contribution >= 4 is 21.4 Å². The van der Waals surface area contributed by atoms with Crippen LogP contribution in [-0.2, 0) is 16.6 Å². The van der Waals surface area contributed by atoms with Crippen molar-refractivity contribution in [1.82, 2.24) is 9.62 Å². The van der Waals surface area contributed by atoms with Crippen molar-refractivity contribution < 1.29 is 13.5 Å². The first-order chi connectivity index (χ1) is 9.44. The van der Waals surface area contributed by atoms with E-state index in [9.17, 15) is 13.5 Å². The Morgan fingerprint density at radius 3 is 2.70 bits per heavy atom. The SMILES string of the molecule is Cc1csc(CO)c1S(=O)(=O)NCC1CCN(C)CC1. The fourth-order valence-corrected chi connectivity index (χ4v) is 5.30. The maximum atomic E-state index is 12.4. The lowest BCUT2D eigenvalue weighted by Crippen LogP contribution is -2.37. The molecule has 2 heterocycles. The fraction of sp³-hybridized carbons (Fsp3) is 0.692. The van der Waals surface area contributed by atoms with Crippen LogP contribution in [0.4, 0.5) is 0 Å². The van der Waals surface area contributed by atoms with Gasteiger partial charge in [0.2, 0.25) is 10.0 Å². The molecule has 7 heteroatoms. The van der Waals surface area contributed by atoms with E-state index >= 15 is 0 Å². The molecule has 1 saturated heterocycles. The summed E-state index contributed by atoms with van der Waals surface area (Å²) in [6, 6.07) is 0. The second kappa shape index (κ2) is 6.53. The van der Waals surface area contributed by atoms with E-state index in [1.165, 1.54) is 11.3 Å². The monoisotopic (exact) mass is 318 g/mol. The molecule has 0 amide bonds. The van der Waals surface area contributed by atoms with Crippen LogP contribution >= 0.6 is 11.3 Å². The van der Waals surface area contributed by atoms with E-state index < -0.39 is 10.0 Å². The molecule has 2 rings (SSSR count). The average molecular weight is 318 g/mol. The lowest BCUT2D eigenvalue weighted by atomic mass is 9.98. The maximum Gasteiger partial charge on any atom is 0.242 e. The van der Waals surface area contributed by atoms with Crippen LogP contribution in [0, 0.1) is 12.8 Å². The van der Waals surface area contributed by atoms with Gasteiger partial charge in [0.25, 0.3) is 0 Å². The Labute approximate surface area is 124 Å². The van der Waals surface area contributed by atoms with Crippen molar-refractivity contribution in [2.24, 2.45) is 5.92 Å². The number of aliphatic hydroxyl groups excluding tert-OH is 1. The van der Waals surface area contributed by atoms with Crippen LogP contribution in [0.15, 0.2) is 10.3 Å². The number of sulfonamides is 1. The van der Waals surface area contributed by atoms with Gasteiger partial charge >= 0.3 is 0 Å². The second-order valence-electron chi connectivity index (χ2n) is 5.43. The van der Waals surface area contributed by atoms with Gasteiger partial charge in [-0.3, -0.25) is 0 Å². The zero-order valence-corrected chi connectivity index (χ0v) is 13.6. The molecule has 1 fully saturated rings. The number of thiophene rings is 1. The van der Waals surface area contributed by atoms with E-state index in [-0.39, 0.29) is 11.5 Å². The molecule has 0 unspecified atom stereocenters. The van der Waals surface area contributed by atoms with E-state index in [1.54, 1.807) is 12.3 Å². The van der Waals surface area contributed by atoms with Crippen molar-refractivity contribution in [3.8, 4) is 0 Å². The third-order valence-corrected chi connectivity index (χ3v) is 6.67. The highest BCUT2D eigenvalue weighted by atomic mass is 32.2. The minimum Gasteiger partial charge on any atom is -0.391 e. The minimum absolute atomic E-state index is 0.233. The molecule has 0 atom stereocenters. The molecule has 114 valence electrons. The van der Waals surface area contributed by atoms with Crippen molar-refractivity contribution in [2.45, 2.75) is 31.3 Å². The van der Waals surface area contributed by atoms with Crippen LogP contribution in [-0.4, -0.2) is 45.1 Å². The molecular weight excluding hydrogens is 296 g/mol. The van der Waals surface area contributed by atoms with Gasteiger partial charge in [0.1, 0.15) is 4.90 Å². The fourth-order valence-electron chi connectivity index (χ4n) is 2.52. The molecule has 0 aliphatic carbocycles. The number of piperidine rings is 1. The van der Waals surface area contributed by atoms with Crippen LogP contribution in [0.3, 0.4) is 0 Å². The van der Waals surface area contributed by atoms with Crippen LogP contribution in [0.2, 0.25) is 0 Å². The Balaban J connectivity index is 2.02. The number of rotatable bonds is 5. The molecule has 1 aliphatic heterocycles. The third kappa shape index (κ3) is 3.59. The molecule has 0 saturated carbocycles. The van der Waals surface area contributed by atoms with E-state index in [2.05, 4.69) is 16.7 Å². The molecule has 2 N–H and O–H groups in total. The number of nitrogens with one attached hydrogen (secondary N) is 1. The molecule has 1 aromatic heterocycles. The Kier molecular flexibility index (Phi) is 5.19. The number of hydrogen-bond donors (Lipinski definition) is 2. The van der Waals surface area contributed by atoms with Crippen LogP contribution in [0.1, 0.15) is 23.3 Å². The van der Waals surface area contributed by atoms with E-state index in [0.717, 1.165) is 25.9 Å². The van der Waals surface area contributed by atoms with E-state index in [1.807, 2.05) is 0 Å². The second-order valence-corrected chi connectivity index (χ2v) is 8.10. The zero-order valence-electron chi connectivity index (χ0n) is 11.9. The van der Waals surface area contributed by atoms with Gasteiger partial charge in [-0.1, -0.05) is 0 Å². The van der Waals surface area contributed by atoms with Crippen LogP contribution in [0.5, 0.6) is 0 Å². The van der Waals surface area contributed by atoms with Gasteiger partial charge in [-0.25, -0.2) is 13.1 Å². The highest BCUT2D eigenvalue weighted by Gasteiger charge is 2.24. The highest BCUT2D eigenvalue weighted by Crippen LogP contribution is 2.27. The van der Waals surface area contributed by atoms with Gasteiger partial charge in [0.05, 0.1) is 11.5 Å². The predicted molar refractivity (Wildman–Crippen MR) is 80.4 cm³/mol. The Hall–Kier alpha value is -0.470. The lowest BCUT2D eigenvalue weighted by Gasteiger charge is -2.28. The van der Waals surface area contributed by atoms with Crippen molar-refractivity contribution in [3.63, 3.8) is 0 Å². The molecule has 0 spiro atoms. The summed E-state index contributed by atoms with van der Waals surface area (Å²) in [6.45, 7) is 4.05. The Bertz CT molecular complexity index is 546. The third-order valence-electron chi connectivity index (χ3n) is 3.80. The normalized spacial score (nSPS) is 18.6. The van der Waals surface area contributed by atoms with Crippen LogP contribution < -0.4 is 4.72 Å². The van der Waals surface area contributed by atoms with Crippen molar-refractivity contribution in [2.75, 3.05) is 26.7 Å². The van der Waals surface area contributed by atoms with Gasteiger partial charge in [-0.05, 0) is 56.8 Å². The quantitative estimate of drug-likeness (QED) is 0.855. The van der Waals surface area contributed by atoms with Crippen molar-refractivity contribution in [1.29, 1.82) is 0 Å². The molecule has 20 heavy (non-hydrogen) atoms. The molecule has 5 nitrogen and oxygen atoms in total. The van der Waals surface area contributed by atoms with E-state index in [0.29, 0.717) is 22.9 Å². The summed E-state index contributed by atoms with van der Waals surface area (Å²) >= 11 is 1.29. The molecule has 1 aromatic rings. The molecule has 1 aliphatic rings. The number of aliphatic hydroxyl groups is 1. The molecular formula is C13H22N2O3S2. The van der Waals surface area contributed by atoms with Gasteiger partial charge in [-0.15, -0.1) is 11.3 Å². The summed E-state index contributed by atoms with van der Waals surface area (Å²) < 4.78 is 27.5. The first kappa shape index (κ1) is 15.9. The zero-order chi connectivity index (χ0) is 14.8. The van der Waals surface area contributed by atoms with Crippen molar-refractivity contribution in [3.05, 3.63) is 15.8 Å². The summed E-state index contributed by atoms with van der Waals surface area (Å²) in [5.41, 5.74) is 0.704. The smallest absolute Gasteiger partial charge is 0.242 e. The largest absolute Gasteiger partial charge is 0.391 e. The number of hydrogen-bond acceptors (Lipinski definition) is 5. The number of likely N-dealkylation sites (tertiary alicyclic amines) is 1. The first-order valence-electron chi connectivity index (χ1n) is 6.80. The Morgan fingerprint density at radius 1 is 1.45 bits per heavy atom. The highest BCUT2D eigenvalue weighted by molar-refractivity contribution is 7.89.